The van der Waals surface area contributed by atoms with Gasteiger partial charge in [-0.2, -0.15) is 10.2 Å². The molecule has 2 aliphatic rings. The smallest absolute Gasteiger partial charge is 0.404 e. The van der Waals surface area contributed by atoms with Gasteiger partial charge in [-0.05, 0) is 23.7 Å². The molecule has 15 heteroatoms. The Labute approximate surface area is 246 Å². The van der Waals surface area contributed by atoms with Gasteiger partial charge in [0.25, 0.3) is 8.32 Å². The van der Waals surface area contributed by atoms with Gasteiger partial charge < -0.3 is 30.0 Å². The van der Waals surface area contributed by atoms with Gasteiger partial charge in [0.1, 0.15) is 25.3 Å². The van der Waals surface area contributed by atoms with Crippen LogP contribution in [0.25, 0.3) is 0 Å². The lowest BCUT2D eigenvalue weighted by Crippen LogP contribution is -2.45. The topological polar surface area (TPSA) is 155 Å². The molecule has 3 N–H and O–H groups in total. The lowest BCUT2D eigenvalue weighted by molar-refractivity contribution is -0.141. The Hall–Kier alpha value is -4.11. The first kappa shape index (κ1) is 30.8. The lowest BCUT2D eigenvalue weighted by atomic mass is 9.97. The number of benzene rings is 1. The summed E-state index contributed by atoms with van der Waals surface area (Å²) in [5.41, 5.74) is 2.55. The standard InChI is InChI=1S/C27H40N8O6Si/c1-27(2,3)42(5,6)41-32-24(28-4)23-22-20(16-30-34(22)14-12-31-39-15-13-29-25(36)37)21-17-33(23)26(38)35(21)40-18-19-10-8-7-9-11-19/h7-12,16,21,23,29H,13-15,17-18H2,1-6H3,(H,28,32)(H,36,37)/t21-,23-/m0/s1. The fourth-order valence-electron chi connectivity index (χ4n) is 4.39. The molecule has 2 aromatic rings. The molecule has 42 heavy (non-hydrogen) atoms. The Morgan fingerprint density at radius 2 is 2.00 bits per heavy atom. The highest BCUT2D eigenvalue weighted by Gasteiger charge is 2.52. The molecule has 2 bridgehead atoms. The molecule has 1 fully saturated rings. The molecular weight excluding hydrogens is 560 g/mol. The zero-order valence-corrected chi connectivity index (χ0v) is 25.9. The lowest BCUT2D eigenvalue weighted by Gasteiger charge is -2.35. The fourth-order valence-corrected chi connectivity index (χ4v) is 4.99. The number of hydroxylamine groups is 2. The third kappa shape index (κ3) is 6.68. The van der Waals surface area contributed by atoms with Gasteiger partial charge >= 0.3 is 12.1 Å². The number of oxime groups is 2. The van der Waals surface area contributed by atoms with Crippen LogP contribution in [0.4, 0.5) is 9.59 Å². The summed E-state index contributed by atoms with van der Waals surface area (Å²) in [5.74, 6) is 0.479. The highest BCUT2D eigenvalue weighted by Crippen LogP contribution is 2.45. The van der Waals surface area contributed by atoms with Crippen molar-refractivity contribution in [3.8, 4) is 0 Å². The van der Waals surface area contributed by atoms with Gasteiger partial charge in [0.15, 0.2) is 5.84 Å². The minimum absolute atomic E-state index is 0.0675. The number of nitrogens with zero attached hydrogens (tertiary/aromatic N) is 6. The first-order valence-corrected chi connectivity index (χ1v) is 16.7. The number of carbonyl (C=O) groups is 2. The van der Waals surface area contributed by atoms with Crippen LogP contribution in [0.1, 0.15) is 49.7 Å². The van der Waals surface area contributed by atoms with Crippen molar-refractivity contribution in [2.24, 2.45) is 10.3 Å². The van der Waals surface area contributed by atoms with Gasteiger partial charge in [-0.1, -0.05) is 61.4 Å². The maximum atomic E-state index is 13.8. The van der Waals surface area contributed by atoms with Crippen molar-refractivity contribution in [3.05, 3.63) is 53.3 Å². The van der Waals surface area contributed by atoms with E-state index in [1.54, 1.807) is 22.8 Å². The molecule has 3 amide bonds. The van der Waals surface area contributed by atoms with E-state index in [2.05, 4.69) is 59.9 Å². The van der Waals surface area contributed by atoms with Crippen molar-refractivity contribution in [1.29, 1.82) is 0 Å². The SMILES string of the molecule is CN/C(=N/O[Si](C)(C)C(C)(C)C)[C@@H]1c2c(cnn2CC=NOCCNC(=O)O)[C@@H]2CN1C(=O)N2OCc1ccccc1. The molecule has 1 aromatic carbocycles. The van der Waals surface area contributed by atoms with Crippen molar-refractivity contribution in [2.45, 2.75) is 64.1 Å². The summed E-state index contributed by atoms with van der Waals surface area (Å²) in [7, 11) is -0.496. The Morgan fingerprint density at radius 3 is 2.67 bits per heavy atom. The minimum atomic E-state index is -2.25. The van der Waals surface area contributed by atoms with E-state index in [4.69, 9.17) is 19.3 Å². The Balaban J connectivity index is 1.62. The molecule has 0 spiro atoms. The van der Waals surface area contributed by atoms with Crippen LogP contribution in [0.15, 0.2) is 46.8 Å². The van der Waals surface area contributed by atoms with E-state index in [0.717, 1.165) is 16.8 Å². The quantitative estimate of drug-likeness (QED) is 0.110. The third-order valence-electron chi connectivity index (χ3n) is 7.71. The Bertz CT molecular complexity index is 1310. The molecule has 2 atom stereocenters. The van der Waals surface area contributed by atoms with Crippen LogP contribution in [0.2, 0.25) is 18.1 Å². The molecule has 0 aliphatic carbocycles. The minimum Gasteiger partial charge on any atom is -0.465 e. The Kier molecular flexibility index (Phi) is 9.41. The third-order valence-corrected chi connectivity index (χ3v) is 11.9. The second-order valence-corrected chi connectivity index (χ2v) is 16.2. The first-order chi connectivity index (χ1) is 19.9. The van der Waals surface area contributed by atoms with E-state index in [0.29, 0.717) is 12.4 Å². The van der Waals surface area contributed by atoms with Crippen LogP contribution < -0.4 is 10.6 Å². The Morgan fingerprint density at radius 1 is 1.26 bits per heavy atom. The first-order valence-electron chi connectivity index (χ1n) is 13.8. The van der Waals surface area contributed by atoms with Crippen LogP contribution in [-0.2, 0) is 27.4 Å². The molecule has 1 saturated heterocycles. The molecule has 228 valence electrons. The maximum Gasteiger partial charge on any atom is 0.404 e. The van der Waals surface area contributed by atoms with E-state index in [-0.39, 0.29) is 43.4 Å². The van der Waals surface area contributed by atoms with Crippen molar-refractivity contribution in [2.75, 3.05) is 26.7 Å². The van der Waals surface area contributed by atoms with Gasteiger partial charge in [0.2, 0.25) is 0 Å². The number of hydrogen-bond donors (Lipinski definition) is 3. The van der Waals surface area contributed by atoms with E-state index in [1.807, 2.05) is 30.3 Å². The average Bonchev–Trinajstić information content (AvgIpc) is 3.48. The average molecular weight is 601 g/mol. The highest BCUT2D eigenvalue weighted by atomic mass is 28.4. The van der Waals surface area contributed by atoms with Gasteiger partial charge in [0, 0.05) is 12.6 Å². The number of urea groups is 1. The molecule has 0 unspecified atom stereocenters. The number of fused-ring (bicyclic) bond motifs is 4. The predicted molar refractivity (Wildman–Crippen MR) is 158 cm³/mol. The monoisotopic (exact) mass is 600 g/mol. The second-order valence-electron chi connectivity index (χ2n) is 11.5. The number of carboxylic acid groups (broad SMARTS) is 1. The number of likely N-dealkylation sites (N-methyl/N-ethyl adjacent to an activating group) is 1. The van der Waals surface area contributed by atoms with Crippen LogP contribution in [0, 0.1) is 0 Å². The van der Waals surface area contributed by atoms with E-state index >= 15 is 0 Å². The molecule has 2 aliphatic heterocycles. The second kappa shape index (κ2) is 12.8. The summed E-state index contributed by atoms with van der Waals surface area (Å²) in [6.07, 6.45) is 2.15. The highest BCUT2D eigenvalue weighted by molar-refractivity contribution is 6.74. The van der Waals surface area contributed by atoms with Gasteiger partial charge in [0.05, 0.1) is 37.7 Å². The van der Waals surface area contributed by atoms with Crippen LogP contribution >= 0.6 is 0 Å². The normalized spacial score (nSPS) is 18.8. The summed E-state index contributed by atoms with van der Waals surface area (Å²) in [5, 5.41) is 28.5. The van der Waals surface area contributed by atoms with Crippen molar-refractivity contribution >= 4 is 32.5 Å². The van der Waals surface area contributed by atoms with Crippen molar-refractivity contribution < 1.29 is 28.9 Å². The fraction of sp³-hybridized carbons (Fsp3) is 0.519. The number of aromatic nitrogens is 2. The number of carbonyl (C=O) groups excluding carboxylic acids is 1. The molecule has 14 nitrogen and oxygen atoms in total. The zero-order chi connectivity index (χ0) is 30.5. The molecule has 4 rings (SSSR count). The number of amides is 3. The van der Waals surface area contributed by atoms with Crippen molar-refractivity contribution in [1.82, 2.24) is 30.4 Å². The van der Waals surface area contributed by atoms with E-state index in [1.165, 1.54) is 11.3 Å². The summed E-state index contributed by atoms with van der Waals surface area (Å²) in [4.78, 5) is 37.3. The van der Waals surface area contributed by atoms with Crippen molar-refractivity contribution in [3.63, 3.8) is 0 Å². The van der Waals surface area contributed by atoms with Gasteiger partial charge in [-0.25, -0.2) is 9.59 Å². The number of rotatable bonds is 12. The molecule has 3 heterocycles. The summed E-state index contributed by atoms with van der Waals surface area (Å²) >= 11 is 0. The largest absolute Gasteiger partial charge is 0.465 e. The number of nitrogens with one attached hydrogen (secondary N) is 2. The molecular formula is C27H40N8O6Si. The molecule has 1 aromatic heterocycles. The van der Waals surface area contributed by atoms with E-state index < -0.39 is 20.5 Å². The maximum absolute atomic E-state index is 13.8. The summed E-state index contributed by atoms with van der Waals surface area (Å²) in [6.45, 7) is 11.7. The summed E-state index contributed by atoms with van der Waals surface area (Å²) in [6, 6.07) is 8.43. The van der Waals surface area contributed by atoms with Crippen LogP contribution in [0.5, 0.6) is 0 Å². The van der Waals surface area contributed by atoms with E-state index in [9.17, 15) is 9.59 Å². The molecule has 0 radical (unpaired) electrons. The zero-order valence-electron chi connectivity index (χ0n) is 24.9. The van der Waals surface area contributed by atoms with Crippen LogP contribution in [-0.4, -0.2) is 84.1 Å². The predicted octanol–water partition coefficient (Wildman–Crippen LogP) is 3.67. The van der Waals surface area contributed by atoms with Gasteiger partial charge in [-0.15, -0.1) is 0 Å². The van der Waals surface area contributed by atoms with Gasteiger partial charge in [-0.3, -0.25) is 9.52 Å². The molecule has 0 saturated carbocycles. The number of amidine groups is 1. The summed E-state index contributed by atoms with van der Waals surface area (Å²) < 4.78 is 7.96. The van der Waals surface area contributed by atoms with Crippen LogP contribution in [0.3, 0.4) is 0 Å². The number of hydrogen-bond acceptors (Lipinski definition) is 8.